The van der Waals surface area contributed by atoms with Gasteiger partial charge in [-0.3, -0.25) is 0 Å². The van der Waals surface area contributed by atoms with Gasteiger partial charge in [-0.25, -0.2) is 8.78 Å². The van der Waals surface area contributed by atoms with E-state index in [0.29, 0.717) is 12.8 Å². The second kappa shape index (κ2) is 3.91. The largest absolute Gasteiger partial charge is 0.396 e. The van der Waals surface area contributed by atoms with E-state index in [1.807, 2.05) is 0 Å². The molecule has 2 rings (SSSR count). The minimum absolute atomic E-state index is 0.199. The summed E-state index contributed by atoms with van der Waals surface area (Å²) in [6.07, 6.45) is 3.62. The van der Waals surface area contributed by atoms with Crippen molar-refractivity contribution in [2.75, 3.05) is 6.61 Å². The Bertz CT molecular complexity index is 262. The summed E-state index contributed by atoms with van der Waals surface area (Å²) >= 11 is 0. The molecule has 2 fully saturated rings. The quantitative estimate of drug-likeness (QED) is 0.770. The summed E-state index contributed by atoms with van der Waals surface area (Å²) < 4.78 is 26.7. The molecule has 0 aromatic carbocycles. The molecule has 1 unspecified atom stereocenters. The molecule has 0 saturated heterocycles. The van der Waals surface area contributed by atoms with Gasteiger partial charge in [-0.05, 0) is 19.3 Å². The van der Waals surface area contributed by atoms with Gasteiger partial charge in [0.1, 0.15) is 0 Å². The van der Waals surface area contributed by atoms with E-state index in [1.165, 1.54) is 0 Å². The normalized spacial score (nSPS) is 37.5. The first-order chi connectivity index (χ1) is 7.43. The Labute approximate surface area is 94.7 Å². The van der Waals surface area contributed by atoms with Crippen molar-refractivity contribution in [1.82, 2.24) is 0 Å². The molecule has 0 spiro atoms. The van der Waals surface area contributed by atoms with Crippen LogP contribution in [0.2, 0.25) is 0 Å². The molecule has 1 atom stereocenters. The van der Waals surface area contributed by atoms with Crippen LogP contribution in [-0.4, -0.2) is 28.3 Å². The van der Waals surface area contributed by atoms with E-state index in [1.54, 1.807) is 0 Å². The maximum Gasteiger partial charge on any atom is 0.248 e. The summed E-state index contributed by atoms with van der Waals surface area (Å²) in [5, 5.41) is 20.0. The average Bonchev–Trinajstić information content (AvgIpc) is 2.57. The van der Waals surface area contributed by atoms with Crippen LogP contribution in [0.25, 0.3) is 0 Å². The highest BCUT2D eigenvalue weighted by Gasteiger charge is 2.59. The fourth-order valence-electron chi connectivity index (χ4n) is 3.44. The van der Waals surface area contributed by atoms with Crippen LogP contribution in [-0.2, 0) is 0 Å². The van der Waals surface area contributed by atoms with Crippen LogP contribution in [0.3, 0.4) is 0 Å². The molecule has 2 N–H and O–H groups in total. The van der Waals surface area contributed by atoms with Gasteiger partial charge in [0, 0.05) is 18.3 Å². The van der Waals surface area contributed by atoms with Gasteiger partial charge in [-0.15, -0.1) is 0 Å². The Balaban J connectivity index is 2.21. The summed E-state index contributed by atoms with van der Waals surface area (Å²) in [5.74, 6) is -2.71. The zero-order valence-corrected chi connectivity index (χ0v) is 9.51. The number of aliphatic hydroxyl groups is 2. The smallest absolute Gasteiger partial charge is 0.248 e. The Morgan fingerprint density at radius 1 is 0.938 bits per heavy atom. The number of hydrogen-bond donors (Lipinski definition) is 2. The van der Waals surface area contributed by atoms with E-state index >= 15 is 0 Å². The van der Waals surface area contributed by atoms with E-state index < -0.39 is 16.9 Å². The Hall–Kier alpha value is -0.220. The van der Waals surface area contributed by atoms with Crippen molar-refractivity contribution in [2.45, 2.75) is 62.9 Å². The van der Waals surface area contributed by atoms with Crippen molar-refractivity contribution in [3.8, 4) is 0 Å². The second-order valence-corrected chi connectivity index (χ2v) is 5.56. The van der Waals surface area contributed by atoms with E-state index in [-0.39, 0.29) is 25.9 Å². The van der Waals surface area contributed by atoms with Crippen LogP contribution in [0.1, 0.15) is 51.4 Å². The first kappa shape index (κ1) is 12.2. The standard InChI is InChI=1S/C12H20F2O2/c13-12(14)7-6-10(8-12,9-15)11(16)4-2-1-3-5-11/h15-16H,1-9H2. The van der Waals surface area contributed by atoms with Gasteiger partial charge in [-0.2, -0.15) is 0 Å². The summed E-state index contributed by atoms with van der Waals surface area (Å²) in [6, 6.07) is 0. The molecule has 2 saturated carbocycles. The predicted octanol–water partition coefficient (Wildman–Crippen LogP) is 2.48. The highest BCUT2D eigenvalue weighted by Crippen LogP contribution is 2.56. The molecular formula is C12H20F2O2. The Kier molecular flexibility index (Phi) is 2.99. The number of halogens is 2. The molecular weight excluding hydrogens is 214 g/mol. The molecule has 0 aromatic rings. The van der Waals surface area contributed by atoms with Crippen molar-refractivity contribution in [2.24, 2.45) is 5.41 Å². The van der Waals surface area contributed by atoms with Gasteiger partial charge in [0.2, 0.25) is 5.92 Å². The van der Waals surface area contributed by atoms with Crippen molar-refractivity contribution < 1.29 is 19.0 Å². The monoisotopic (exact) mass is 234 g/mol. The summed E-state index contributed by atoms with van der Waals surface area (Å²) in [7, 11) is 0. The van der Waals surface area contributed by atoms with Crippen LogP contribution in [0, 0.1) is 5.41 Å². The van der Waals surface area contributed by atoms with Crippen LogP contribution in [0.5, 0.6) is 0 Å². The van der Waals surface area contributed by atoms with Gasteiger partial charge in [0.05, 0.1) is 12.2 Å². The lowest BCUT2D eigenvalue weighted by Gasteiger charge is -2.46. The van der Waals surface area contributed by atoms with Crippen molar-refractivity contribution >= 4 is 0 Å². The van der Waals surface area contributed by atoms with Crippen molar-refractivity contribution in [1.29, 1.82) is 0 Å². The molecule has 0 bridgehead atoms. The number of hydrogen-bond acceptors (Lipinski definition) is 2. The SMILES string of the molecule is OCC1(C2(O)CCCCC2)CCC(F)(F)C1. The second-order valence-electron chi connectivity index (χ2n) is 5.56. The van der Waals surface area contributed by atoms with Gasteiger partial charge in [0.15, 0.2) is 0 Å². The van der Waals surface area contributed by atoms with Crippen molar-refractivity contribution in [3.05, 3.63) is 0 Å². The molecule has 0 heterocycles. The van der Waals surface area contributed by atoms with Gasteiger partial charge in [0.25, 0.3) is 0 Å². The van der Waals surface area contributed by atoms with Gasteiger partial charge >= 0.3 is 0 Å². The minimum atomic E-state index is -2.71. The Morgan fingerprint density at radius 2 is 1.56 bits per heavy atom. The first-order valence-electron chi connectivity index (χ1n) is 6.14. The first-order valence-corrected chi connectivity index (χ1v) is 6.14. The molecule has 2 aliphatic rings. The van der Waals surface area contributed by atoms with E-state index in [4.69, 9.17) is 0 Å². The number of rotatable bonds is 2. The zero-order chi connectivity index (χ0) is 11.9. The lowest BCUT2D eigenvalue weighted by atomic mass is 9.64. The topological polar surface area (TPSA) is 40.5 Å². The third kappa shape index (κ3) is 1.86. The molecule has 4 heteroatoms. The molecule has 0 amide bonds. The molecule has 0 aliphatic heterocycles. The molecule has 2 nitrogen and oxygen atoms in total. The van der Waals surface area contributed by atoms with E-state index in [2.05, 4.69) is 0 Å². The van der Waals surface area contributed by atoms with E-state index in [9.17, 15) is 19.0 Å². The summed E-state index contributed by atoms with van der Waals surface area (Å²) in [5.41, 5.74) is -2.03. The zero-order valence-electron chi connectivity index (χ0n) is 9.51. The predicted molar refractivity (Wildman–Crippen MR) is 56.4 cm³/mol. The third-order valence-corrected chi connectivity index (χ3v) is 4.54. The third-order valence-electron chi connectivity index (χ3n) is 4.54. The van der Waals surface area contributed by atoms with Crippen LogP contribution < -0.4 is 0 Å². The Morgan fingerprint density at radius 3 is 2.00 bits per heavy atom. The number of alkyl halides is 2. The average molecular weight is 234 g/mol. The van der Waals surface area contributed by atoms with Crippen molar-refractivity contribution in [3.63, 3.8) is 0 Å². The molecule has 2 aliphatic carbocycles. The molecule has 16 heavy (non-hydrogen) atoms. The lowest BCUT2D eigenvalue weighted by Crippen LogP contribution is -2.51. The molecule has 0 aromatic heterocycles. The number of aliphatic hydroxyl groups excluding tert-OH is 1. The summed E-state index contributed by atoms with van der Waals surface area (Å²) in [6.45, 7) is -0.320. The lowest BCUT2D eigenvalue weighted by molar-refractivity contribution is -0.141. The van der Waals surface area contributed by atoms with Crippen LogP contribution in [0.4, 0.5) is 8.78 Å². The fraction of sp³-hybridized carbons (Fsp3) is 1.00. The maximum atomic E-state index is 13.3. The van der Waals surface area contributed by atoms with Crippen LogP contribution >= 0.6 is 0 Å². The highest BCUT2D eigenvalue weighted by atomic mass is 19.3. The van der Waals surface area contributed by atoms with Gasteiger partial charge in [-0.1, -0.05) is 19.3 Å². The molecule has 94 valence electrons. The summed E-state index contributed by atoms with van der Waals surface area (Å²) in [4.78, 5) is 0. The van der Waals surface area contributed by atoms with Crippen LogP contribution in [0.15, 0.2) is 0 Å². The highest BCUT2D eigenvalue weighted by molar-refractivity contribution is 5.06. The van der Waals surface area contributed by atoms with Gasteiger partial charge < -0.3 is 10.2 Å². The molecule has 0 radical (unpaired) electrons. The fourth-order valence-corrected chi connectivity index (χ4v) is 3.44. The maximum absolute atomic E-state index is 13.3. The van der Waals surface area contributed by atoms with E-state index in [0.717, 1.165) is 19.3 Å². The minimum Gasteiger partial charge on any atom is -0.396 e.